The Hall–Kier alpha value is -1.94. The minimum absolute atomic E-state index is 0.270. The molecule has 0 aliphatic heterocycles. The zero-order chi connectivity index (χ0) is 12.3. The summed E-state index contributed by atoms with van der Waals surface area (Å²) in [5.41, 5.74) is 2.01. The molecule has 1 amide bonds. The highest BCUT2D eigenvalue weighted by molar-refractivity contribution is 6.34. The van der Waals surface area contributed by atoms with E-state index in [2.05, 4.69) is 15.3 Å². The normalized spacial score (nSPS) is 10.0. The van der Waals surface area contributed by atoms with Crippen molar-refractivity contribution in [3.8, 4) is 0 Å². The number of nitrogens with one attached hydrogen (secondary N) is 1. The van der Waals surface area contributed by atoms with Gasteiger partial charge in [0.15, 0.2) is 0 Å². The Morgan fingerprint density at radius 1 is 1.24 bits per heavy atom. The first-order valence-corrected chi connectivity index (χ1v) is 5.38. The summed E-state index contributed by atoms with van der Waals surface area (Å²) in [6.07, 6.45) is 6.23. The van der Waals surface area contributed by atoms with Crippen LogP contribution < -0.4 is 5.32 Å². The third kappa shape index (κ3) is 2.60. The van der Waals surface area contributed by atoms with E-state index in [9.17, 15) is 4.79 Å². The summed E-state index contributed by atoms with van der Waals surface area (Å²) < 4.78 is 0. The molecule has 86 valence electrons. The number of carbonyl (C=O) groups is 1. The topological polar surface area (TPSA) is 54.9 Å². The van der Waals surface area contributed by atoms with Gasteiger partial charge in [0.1, 0.15) is 0 Å². The predicted molar refractivity (Wildman–Crippen MR) is 66.2 cm³/mol. The zero-order valence-corrected chi connectivity index (χ0v) is 9.90. The summed E-state index contributed by atoms with van der Waals surface area (Å²) in [4.78, 5) is 19.7. The maximum Gasteiger partial charge on any atom is 0.257 e. The number of anilines is 1. The van der Waals surface area contributed by atoms with Gasteiger partial charge in [-0.15, -0.1) is 0 Å². The highest BCUT2D eigenvalue weighted by Crippen LogP contribution is 2.17. The second-order valence-corrected chi connectivity index (χ2v) is 3.91. The second kappa shape index (κ2) is 4.93. The van der Waals surface area contributed by atoms with Gasteiger partial charge in [0, 0.05) is 18.6 Å². The fraction of sp³-hybridized carbons (Fsp3) is 0.0833. The van der Waals surface area contributed by atoms with Crippen LogP contribution in [0.3, 0.4) is 0 Å². The summed E-state index contributed by atoms with van der Waals surface area (Å²) in [5.74, 6) is -0.270. The van der Waals surface area contributed by atoms with Crippen molar-refractivity contribution in [2.45, 2.75) is 6.92 Å². The number of halogens is 1. The lowest BCUT2D eigenvalue weighted by molar-refractivity contribution is 0.102. The molecule has 2 aromatic heterocycles. The number of carbonyl (C=O) groups excluding carboxylic acids is 1. The molecule has 0 aromatic carbocycles. The molecule has 0 saturated heterocycles. The van der Waals surface area contributed by atoms with E-state index in [0.29, 0.717) is 16.3 Å². The number of rotatable bonds is 2. The van der Waals surface area contributed by atoms with Crippen molar-refractivity contribution in [3.63, 3.8) is 0 Å². The van der Waals surface area contributed by atoms with E-state index in [-0.39, 0.29) is 5.91 Å². The van der Waals surface area contributed by atoms with E-state index >= 15 is 0 Å². The number of hydrogen-bond acceptors (Lipinski definition) is 3. The van der Waals surface area contributed by atoms with Gasteiger partial charge in [0.2, 0.25) is 0 Å². The largest absolute Gasteiger partial charge is 0.320 e. The van der Waals surface area contributed by atoms with E-state index in [1.54, 1.807) is 18.5 Å². The number of pyridine rings is 2. The van der Waals surface area contributed by atoms with Crippen LogP contribution >= 0.6 is 11.6 Å². The quantitative estimate of drug-likeness (QED) is 0.888. The molecule has 0 aliphatic rings. The van der Waals surface area contributed by atoms with Gasteiger partial charge in [-0.2, -0.15) is 0 Å². The van der Waals surface area contributed by atoms with E-state index in [0.717, 1.165) is 5.56 Å². The van der Waals surface area contributed by atoms with Crippen LogP contribution in [0.25, 0.3) is 0 Å². The molecule has 4 nitrogen and oxygen atoms in total. The van der Waals surface area contributed by atoms with Crippen LogP contribution in [-0.4, -0.2) is 15.9 Å². The Morgan fingerprint density at radius 2 is 1.94 bits per heavy atom. The molecule has 0 unspecified atom stereocenters. The Morgan fingerprint density at radius 3 is 2.65 bits per heavy atom. The van der Waals surface area contributed by atoms with Gasteiger partial charge in [-0.3, -0.25) is 14.8 Å². The number of aryl methyl sites for hydroxylation is 1. The standard InChI is InChI=1S/C12H10ClN3O/c1-8-2-4-15-7-11(8)16-12(17)9-3-5-14-6-10(9)13/h2-7H,1H3,(H,16,17). The van der Waals surface area contributed by atoms with Crippen LogP contribution in [0.15, 0.2) is 36.9 Å². The van der Waals surface area contributed by atoms with Crippen LogP contribution in [0.2, 0.25) is 5.02 Å². The molecule has 2 aromatic rings. The summed E-state index contributed by atoms with van der Waals surface area (Å²) in [5, 5.41) is 3.08. The lowest BCUT2D eigenvalue weighted by atomic mass is 10.2. The zero-order valence-electron chi connectivity index (χ0n) is 9.14. The molecule has 0 aliphatic carbocycles. The van der Waals surface area contributed by atoms with Gasteiger partial charge in [0.05, 0.1) is 22.5 Å². The van der Waals surface area contributed by atoms with Gasteiger partial charge >= 0.3 is 0 Å². The molecule has 0 saturated carbocycles. The molecule has 17 heavy (non-hydrogen) atoms. The number of nitrogens with zero attached hydrogens (tertiary/aromatic N) is 2. The molecule has 0 radical (unpaired) electrons. The highest BCUT2D eigenvalue weighted by Gasteiger charge is 2.11. The van der Waals surface area contributed by atoms with Gasteiger partial charge in [-0.05, 0) is 24.6 Å². The maximum atomic E-state index is 11.9. The van der Waals surface area contributed by atoms with E-state index in [4.69, 9.17) is 11.6 Å². The molecular formula is C12H10ClN3O. The number of hydrogen-bond donors (Lipinski definition) is 1. The van der Waals surface area contributed by atoms with Crippen molar-refractivity contribution >= 4 is 23.2 Å². The Kier molecular flexibility index (Phi) is 3.35. The van der Waals surface area contributed by atoms with Crippen LogP contribution in [0.5, 0.6) is 0 Å². The molecule has 2 rings (SSSR count). The fourth-order valence-electron chi connectivity index (χ4n) is 1.34. The van der Waals surface area contributed by atoms with Crippen molar-refractivity contribution < 1.29 is 4.79 Å². The van der Waals surface area contributed by atoms with E-state index < -0.39 is 0 Å². The van der Waals surface area contributed by atoms with Crippen LogP contribution in [0, 0.1) is 6.92 Å². The first-order chi connectivity index (χ1) is 8.18. The van der Waals surface area contributed by atoms with E-state index in [1.165, 1.54) is 12.4 Å². The lowest BCUT2D eigenvalue weighted by Crippen LogP contribution is -2.13. The SMILES string of the molecule is Cc1ccncc1NC(=O)c1ccncc1Cl. The van der Waals surface area contributed by atoms with Gasteiger partial charge in [-0.1, -0.05) is 11.6 Å². The maximum absolute atomic E-state index is 11.9. The molecule has 0 fully saturated rings. The third-order valence-electron chi connectivity index (χ3n) is 2.30. The van der Waals surface area contributed by atoms with E-state index in [1.807, 2.05) is 13.0 Å². The number of aromatic nitrogens is 2. The monoisotopic (exact) mass is 247 g/mol. The molecule has 1 N–H and O–H groups in total. The number of amides is 1. The van der Waals surface area contributed by atoms with Crippen LogP contribution in [0.4, 0.5) is 5.69 Å². The van der Waals surface area contributed by atoms with Gasteiger partial charge in [0.25, 0.3) is 5.91 Å². The first-order valence-electron chi connectivity index (χ1n) is 5.00. The molecule has 0 bridgehead atoms. The lowest BCUT2D eigenvalue weighted by Gasteiger charge is -2.08. The van der Waals surface area contributed by atoms with Gasteiger partial charge < -0.3 is 5.32 Å². The molecular weight excluding hydrogens is 238 g/mol. The Labute approximate surface area is 104 Å². The van der Waals surface area contributed by atoms with Crippen LogP contribution in [-0.2, 0) is 0 Å². The van der Waals surface area contributed by atoms with Gasteiger partial charge in [-0.25, -0.2) is 0 Å². The van der Waals surface area contributed by atoms with Crippen molar-refractivity contribution in [2.75, 3.05) is 5.32 Å². The third-order valence-corrected chi connectivity index (χ3v) is 2.61. The highest BCUT2D eigenvalue weighted by atomic mass is 35.5. The van der Waals surface area contributed by atoms with Crippen molar-refractivity contribution in [2.24, 2.45) is 0 Å². The molecule has 0 spiro atoms. The second-order valence-electron chi connectivity index (χ2n) is 3.50. The fourth-order valence-corrected chi connectivity index (χ4v) is 1.55. The van der Waals surface area contributed by atoms with Crippen molar-refractivity contribution in [1.82, 2.24) is 9.97 Å². The Bertz CT molecular complexity index is 557. The Balaban J connectivity index is 2.24. The predicted octanol–water partition coefficient (Wildman–Crippen LogP) is 2.69. The smallest absolute Gasteiger partial charge is 0.257 e. The summed E-state index contributed by atoms with van der Waals surface area (Å²) in [6, 6.07) is 3.40. The average Bonchev–Trinajstić information content (AvgIpc) is 2.32. The minimum Gasteiger partial charge on any atom is -0.320 e. The van der Waals surface area contributed by atoms with Crippen molar-refractivity contribution in [1.29, 1.82) is 0 Å². The molecule has 0 atom stereocenters. The van der Waals surface area contributed by atoms with Crippen molar-refractivity contribution in [3.05, 3.63) is 53.1 Å². The average molecular weight is 248 g/mol. The van der Waals surface area contributed by atoms with Crippen LogP contribution in [0.1, 0.15) is 15.9 Å². The summed E-state index contributed by atoms with van der Waals surface area (Å²) in [6.45, 7) is 1.89. The summed E-state index contributed by atoms with van der Waals surface area (Å²) >= 11 is 5.89. The minimum atomic E-state index is -0.270. The summed E-state index contributed by atoms with van der Waals surface area (Å²) in [7, 11) is 0. The molecule has 5 heteroatoms. The first kappa shape index (κ1) is 11.5. The molecule has 2 heterocycles.